The van der Waals surface area contributed by atoms with E-state index in [4.69, 9.17) is 35.5 Å². The smallest absolute Gasteiger partial charge is 0.246 e. The quantitative estimate of drug-likeness (QED) is 0.0493. The van der Waals surface area contributed by atoms with E-state index in [9.17, 15) is 19.5 Å². The summed E-state index contributed by atoms with van der Waals surface area (Å²) in [5.41, 5.74) is 8.67. The van der Waals surface area contributed by atoms with Gasteiger partial charge in [-0.15, -0.1) is 32.9 Å². The van der Waals surface area contributed by atoms with E-state index in [1.165, 1.54) is 4.90 Å². The van der Waals surface area contributed by atoms with Crippen LogP contribution >= 0.6 is 34.3 Å². The number of β-amino-alcohol motifs (C(OH)–C–C–N with tert-alkyl or cyclic N) is 1. The fourth-order valence-electron chi connectivity index (χ4n) is 8.98. The molecule has 4 aromatic heterocycles. The number of halogens is 1. The van der Waals surface area contributed by atoms with Gasteiger partial charge in [-0.05, 0) is 68.9 Å². The summed E-state index contributed by atoms with van der Waals surface area (Å²) in [5, 5.41) is 31.4. The monoisotopic (exact) mass is 1090 g/mol. The standard InChI is InChI=1S/C55H65ClN10O8S2/c1-33-45(76-54-47(33)48(40-14-16-42(56)17-15-40)59-36(4)51-63-62-37(5)66(51)54)18-9-38-28-58-64(29-38)19-20-71-21-22-72-23-24-73-25-26-74-31-46(68)61-50(55(6,7)8)53(70)65-30-43(67)27-44(65)52(69)60-34(2)39-10-12-41(13-11-39)49-35(3)57-32-75-49/h10-17,28-29,32,34,36,43-44,50,67H,19-27,30-31H2,1-8H3,(H,60,69)(H,61,68)/t34?,36-,43+,44-,50?/m0/s1. The topological polar surface area (TPSA) is 209 Å². The third kappa shape index (κ3) is 13.7. The Labute approximate surface area is 456 Å². The van der Waals surface area contributed by atoms with Gasteiger partial charge < -0.3 is 39.6 Å². The third-order valence-corrected chi connectivity index (χ3v) is 15.5. The minimum atomic E-state index is -0.975. The number of fused-ring (bicyclic) bond motifs is 3. The number of rotatable bonds is 21. The first-order chi connectivity index (χ1) is 36.5. The summed E-state index contributed by atoms with van der Waals surface area (Å²) in [6.45, 7) is 17.9. The molecule has 2 unspecified atom stereocenters. The molecule has 402 valence electrons. The molecule has 2 aromatic carbocycles. The number of aryl methyl sites for hydroxylation is 2. The molecular weight excluding hydrogens is 1030 g/mol. The van der Waals surface area contributed by atoms with Crippen LogP contribution in [0.3, 0.4) is 0 Å². The highest BCUT2D eigenvalue weighted by Gasteiger charge is 2.45. The minimum absolute atomic E-state index is 0.0239. The van der Waals surface area contributed by atoms with Crippen LogP contribution in [-0.4, -0.2) is 141 Å². The van der Waals surface area contributed by atoms with Gasteiger partial charge in [0.25, 0.3) is 0 Å². The average Bonchev–Trinajstić information content (AvgIpc) is 4.24. The number of carbonyl (C=O) groups excluding carboxylic acids is 3. The number of likely N-dealkylation sites (tertiary alicyclic amines) is 1. The number of carbonyl (C=O) groups is 3. The van der Waals surface area contributed by atoms with Crippen LogP contribution in [0.2, 0.25) is 5.02 Å². The number of amides is 3. The maximum absolute atomic E-state index is 14.0. The number of aliphatic imine (C=N–C) groups is 1. The summed E-state index contributed by atoms with van der Waals surface area (Å²) in [5.74, 6) is 6.94. The lowest BCUT2D eigenvalue weighted by atomic mass is 9.85. The largest absolute Gasteiger partial charge is 0.391 e. The molecule has 0 radical (unpaired) electrons. The Morgan fingerprint density at radius 2 is 1.57 bits per heavy atom. The number of aliphatic hydroxyl groups is 1. The number of aliphatic hydroxyl groups excluding tert-OH is 1. The summed E-state index contributed by atoms with van der Waals surface area (Å²) in [4.78, 5) is 53.6. The molecule has 2 aliphatic rings. The predicted molar refractivity (Wildman–Crippen MR) is 292 cm³/mol. The lowest BCUT2D eigenvalue weighted by Gasteiger charge is -2.35. The van der Waals surface area contributed by atoms with Crippen molar-refractivity contribution in [1.29, 1.82) is 0 Å². The van der Waals surface area contributed by atoms with Crippen LogP contribution in [-0.2, 0) is 39.9 Å². The number of benzene rings is 2. The maximum atomic E-state index is 14.0. The van der Waals surface area contributed by atoms with E-state index in [1.54, 1.807) is 33.6 Å². The van der Waals surface area contributed by atoms with Crippen LogP contribution in [0.1, 0.15) is 103 Å². The Balaban J connectivity index is 0.704. The number of aromatic nitrogens is 6. The van der Waals surface area contributed by atoms with Gasteiger partial charge in [-0.1, -0.05) is 80.6 Å². The fourth-order valence-corrected chi connectivity index (χ4v) is 11.1. The first-order valence-corrected chi connectivity index (χ1v) is 27.4. The van der Waals surface area contributed by atoms with Crippen LogP contribution in [0.5, 0.6) is 0 Å². The van der Waals surface area contributed by atoms with Gasteiger partial charge in [0.2, 0.25) is 17.7 Å². The van der Waals surface area contributed by atoms with E-state index in [2.05, 4.69) is 54.2 Å². The Bertz CT molecular complexity index is 3080. The van der Waals surface area contributed by atoms with Crippen molar-refractivity contribution < 1.29 is 38.4 Å². The van der Waals surface area contributed by atoms with Crippen molar-refractivity contribution in [3.8, 4) is 27.3 Å². The third-order valence-electron chi connectivity index (χ3n) is 13.1. The first kappa shape index (κ1) is 56.1. The van der Waals surface area contributed by atoms with Crippen LogP contribution in [0.4, 0.5) is 0 Å². The van der Waals surface area contributed by atoms with Gasteiger partial charge in [0.15, 0.2) is 5.82 Å². The lowest BCUT2D eigenvalue weighted by molar-refractivity contribution is -0.144. The average molecular weight is 1090 g/mol. The van der Waals surface area contributed by atoms with Gasteiger partial charge in [-0.3, -0.25) is 28.6 Å². The number of nitrogens with one attached hydrogen (secondary N) is 2. The van der Waals surface area contributed by atoms with Crippen molar-refractivity contribution in [2.75, 3.05) is 59.4 Å². The molecule has 8 rings (SSSR count). The van der Waals surface area contributed by atoms with Crippen LogP contribution in [0, 0.1) is 38.0 Å². The number of hydrogen-bond acceptors (Lipinski definition) is 15. The highest BCUT2D eigenvalue weighted by Crippen LogP contribution is 2.39. The molecule has 18 nitrogen and oxygen atoms in total. The maximum Gasteiger partial charge on any atom is 0.246 e. The van der Waals surface area contributed by atoms with Gasteiger partial charge >= 0.3 is 0 Å². The zero-order valence-electron chi connectivity index (χ0n) is 44.1. The van der Waals surface area contributed by atoms with Crippen molar-refractivity contribution in [2.24, 2.45) is 10.4 Å². The highest BCUT2D eigenvalue weighted by molar-refractivity contribution is 7.15. The molecule has 5 atom stereocenters. The summed E-state index contributed by atoms with van der Waals surface area (Å²) in [6.07, 6.45) is 2.85. The van der Waals surface area contributed by atoms with Crippen molar-refractivity contribution >= 4 is 57.7 Å². The number of thiazole rings is 1. The van der Waals surface area contributed by atoms with E-state index in [0.717, 1.165) is 71.2 Å². The molecule has 3 amide bonds. The van der Waals surface area contributed by atoms with Crippen LogP contribution < -0.4 is 10.6 Å². The molecule has 2 aliphatic heterocycles. The summed E-state index contributed by atoms with van der Waals surface area (Å²) in [6, 6.07) is 13.2. The van der Waals surface area contributed by atoms with Gasteiger partial charge in [0, 0.05) is 35.3 Å². The summed E-state index contributed by atoms with van der Waals surface area (Å²) >= 11 is 9.41. The second-order valence-electron chi connectivity index (χ2n) is 19.9. The molecule has 1 saturated heterocycles. The van der Waals surface area contributed by atoms with E-state index >= 15 is 0 Å². The molecule has 3 N–H and O–H groups in total. The molecule has 1 fully saturated rings. The number of nitrogens with zero attached hydrogens (tertiary/aromatic N) is 8. The molecule has 0 bridgehead atoms. The van der Waals surface area contributed by atoms with E-state index in [0.29, 0.717) is 44.6 Å². The second kappa shape index (κ2) is 25.3. The zero-order valence-corrected chi connectivity index (χ0v) is 46.5. The van der Waals surface area contributed by atoms with E-state index < -0.39 is 35.4 Å². The van der Waals surface area contributed by atoms with Gasteiger partial charge in [0.05, 0.1) is 103 Å². The van der Waals surface area contributed by atoms with Crippen molar-refractivity contribution in [2.45, 2.75) is 98.6 Å². The molecule has 6 heterocycles. The molecule has 6 aromatic rings. The first-order valence-electron chi connectivity index (χ1n) is 25.3. The normalized spacial score (nSPS) is 17.0. The Hall–Kier alpha value is -6.15. The molecule has 0 saturated carbocycles. The summed E-state index contributed by atoms with van der Waals surface area (Å²) in [7, 11) is 0. The number of thiophene rings is 1. The number of ether oxygens (including phenoxy) is 4. The van der Waals surface area contributed by atoms with Gasteiger partial charge in [0.1, 0.15) is 35.6 Å². The molecular formula is C55H65ClN10O8S2. The predicted octanol–water partition coefficient (Wildman–Crippen LogP) is 6.98. The SMILES string of the molecule is Cc1ncsc1-c1ccc(C(C)NC(=O)[C@@H]2C[C@@H](O)CN2C(=O)C(NC(=O)COCCOCCOCCOCCn2cc(C#Cc3sc4c(c3C)C(c3ccc(Cl)cc3)=N[C@@H](C)c3nnc(C)n3-4)cn2)C(C)(C)C)cc1. The van der Waals surface area contributed by atoms with Gasteiger partial charge in [-0.25, -0.2) is 4.98 Å². The zero-order chi connectivity index (χ0) is 54.1. The van der Waals surface area contributed by atoms with E-state index in [-0.39, 0.29) is 50.8 Å². The van der Waals surface area contributed by atoms with Crippen molar-refractivity contribution in [3.63, 3.8) is 0 Å². The Kier molecular flexibility index (Phi) is 18.7. The van der Waals surface area contributed by atoms with E-state index in [1.807, 2.05) is 109 Å². The Morgan fingerprint density at radius 3 is 2.24 bits per heavy atom. The van der Waals surface area contributed by atoms with Crippen molar-refractivity contribution in [3.05, 3.63) is 121 Å². The second-order valence-corrected chi connectivity index (χ2v) is 22.1. The number of hydrogen-bond donors (Lipinski definition) is 3. The molecule has 0 spiro atoms. The molecule has 0 aliphatic carbocycles. The lowest BCUT2D eigenvalue weighted by Crippen LogP contribution is -2.58. The minimum Gasteiger partial charge on any atom is -0.391 e. The highest BCUT2D eigenvalue weighted by atomic mass is 35.5. The fraction of sp³-hybridized carbons (Fsp3) is 0.455. The Morgan fingerprint density at radius 1 is 0.895 bits per heavy atom. The van der Waals surface area contributed by atoms with Crippen molar-refractivity contribution in [1.82, 2.24) is 45.1 Å². The molecule has 76 heavy (non-hydrogen) atoms. The van der Waals surface area contributed by atoms with Crippen LogP contribution in [0.25, 0.3) is 15.4 Å². The van der Waals surface area contributed by atoms with Gasteiger partial charge in [-0.2, -0.15) is 5.10 Å². The summed E-state index contributed by atoms with van der Waals surface area (Å²) < 4.78 is 26.5. The van der Waals surface area contributed by atoms with Crippen LogP contribution in [0.15, 0.2) is 71.4 Å². The molecule has 21 heteroatoms.